The number of aliphatic hydroxyl groups is 1. The van der Waals surface area contributed by atoms with Crippen LogP contribution in [0.2, 0.25) is 0 Å². The number of alkyl halides is 1. The van der Waals surface area contributed by atoms with Crippen molar-refractivity contribution in [3.8, 4) is 0 Å². The minimum absolute atomic E-state index is 0.00634. The quantitative estimate of drug-likeness (QED) is 0.435. The molecule has 10 heteroatoms. The monoisotopic (exact) mass is 518 g/mol. The van der Waals surface area contributed by atoms with Crippen molar-refractivity contribution in [1.29, 1.82) is 0 Å². The second-order valence-corrected chi connectivity index (χ2v) is 8.90. The molecule has 164 valence electrons. The second-order valence-electron chi connectivity index (χ2n) is 8.02. The number of hydrogen-bond acceptors (Lipinski definition) is 9. The summed E-state index contributed by atoms with van der Waals surface area (Å²) in [5.41, 5.74) is 0. The highest BCUT2D eigenvalue weighted by Gasteiger charge is 2.56. The normalized spacial score (nSPS) is 45.4. The highest BCUT2D eigenvalue weighted by molar-refractivity contribution is 14.1. The summed E-state index contributed by atoms with van der Waals surface area (Å²) in [6.45, 7) is 7.43. The van der Waals surface area contributed by atoms with Crippen molar-refractivity contribution < 1.29 is 43.0 Å². The third kappa shape index (κ3) is 4.66. The molecule has 0 amide bonds. The molecule has 0 radical (unpaired) electrons. The van der Waals surface area contributed by atoms with E-state index in [9.17, 15) is 0 Å². The molecular weight excluding hydrogens is 487 g/mol. The molecule has 0 aromatic carbocycles. The first-order valence-corrected chi connectivity index (χ1v) is 10.9. The molecule has 4 rings (SSSR count). The molecule has 0 aromatic heterocycles. The standard InChI is InChI=1S/C9H15IO4.C9H16O5/c2*1-9(2)13-6-5(4-10)12-8(11-3)7(6)14-9/h5-8H,4H2,1-3H3;5-8,10H,4H2,1-3H3/t2*5-,6-,7-,8-/m11/s1. The van der Waals surface area contributed by atoms with Gasteiger partial charge in [-0.2, -0.15) is 0 Å². The van der Waals surface area contributed by atoms with Crippen LogP contribution in [0.15, 0.2) is 0 Å². The summed E-state index contributed by atoms with van der Waals surface area (Å²) in [5.74, 6) is -1.14. The van der Waals surface area contributed by atoms with Crippen LogP contribution in [0.4, 0.5) is 0 Å². The Morgan fingerprint density at radius 1 is 0.750 bits per heavy atom. The average molecular weight is 518 g/mol. The van der Waals surface area contributed by atoms with Gasteiger partial charge in [-0.3, -0.25) is 0 Å². The van der Waals surface area contributed by atoms with Crippen LogP contribution in [0.1, 0.15) is 27.7 Å². The number of rotatable bonds is 4. The molecule has 4 fully saturated rings. The van der Waals surface area contributed by atoms with Crippen LogP contribution in [0.25, 0.3) is 0 Å². The lowest BCUT2D eigenvalue weighted by Gasteiger charge is -2.22. The Kier molecular flexibility index (Phi) is 7.28. The van der Waals surface area contributed by atoms with Crippen LogP contribution in [0.3, 0.4) is 0 Å². The smallest absolute Gasteiger partial charge is 0.186 e. The predicted molar refractivity (Wildman–Crippen MR) is 105 cm³/mol. The largest absolute Gasteiger partial charge is 0.394 e. The van der Waals surface area contributed by atoms with E-state index >= 15 is 0 Å². The van der Waals surface area contributed by atoms with Crippen molar-refractivity contribution in [2.75, 3.05) is 25.3 Å². The molecule has 28 heavy (non-hydrogen) atoms. The van der Waals surface area contributed by atoms with Gasteiger partial charge in [-0.1, -0.05) is 22.6 Å². The fourth-order valence-corrected chi connectivity index (χ4v) is 4.64. The van der Waals surface area contributed by atoms with E-state index in [1.165, 1.54) is 0 Å². The Labute approximate surface area is 179 Å². The van der Waals surface area contributed by atoms with Crippen molar-refractivity contribution in [2.45, 2.75) is 88.5 Å². The maximum Gasteiger partial charge on any atom is 0.186 e. The first kappa shape index (κ1) is 23.0. The minimum atomic E-state index is -0.622. The molecule has 4 saturated heterocycles. The molecule has 0 aromatic rings. The number of methoxy groups -OCH3 is 2. The summed E-state index contributed by atoms with van der Waals surface area (Å²) >= 11 is 2.29. The van der Waals surface area contributed by atoms with Gasteiger partial charge in [0.1, 0.15) is 30.5 Å². The molecule has 4 aliphatic heterocycles. The fraction of sp³-hybridized carbons (Fsp3) is 1.00. The van der Waals surface area contributed by atoms with Crippen molar-refractivity contribution in [3.63, 3.8) is 0 Å². The van der Waals surface area contributed by atoms with Crippen molar-refractivity contribution in [3.05, 3.63) is 0 Å². The van der Waals surface area contributed by atoms with Crippen molar-refractivity contribution >= 4 is 22.6 Å². The molecule has 1 N–H and O–H groups in total. The van der Waals surface area contributed by atoms with Crippen LogP contribution >= 0.6 is 22.6 Å². The second kappa shape index (κ2) is 8.85. The van der Waals surface area contributed by atoms with Gasteiger partial charge in [0.05, 0.1) is 12.7 Å². The van der Waals surface area contributed by atoms with Crippen molar-refractivity contribution in [1.82, 2.24) is 0 Å². The lowest BCUT2D eigenvalue weighted by Crippen LogP contribution is -2.31. The van der Waals surface area contributed by atoms with E-state index in [1.807, 2.05) is 27.7 Å². The Hall–Kier alpha value is 0.370. The zero-order chi connectivity index (χ0) is 20.7. The van der Waals surface area contributed by atoms with Gasteiger partial charge >= 0.3 is 0 Å². The maximum atomic E-state index is 9.08. The van der Waals surface area contributed by atoms with Crippen LogP contribution in [-0.2, 0) is 37.9 Å². The number of hydrogen-bond donors (Lipinski definition) is 1. The number of ether oxygens (including phenoxy) is 8. The number of halogens is 1. The van der Waals surface area contributed by atoms with E-state index in [2.05, 4.69) is 22.6 Å². The highest BCUT2D eigenvalue weighted by atomic mass is 127. The molecular formula is C18H31IO9. The average Bonchev–Trinajstić information content (AvgIpc) is 3.31. The first-order chi connectivity index (χ1) is 13.1. The number of aliphatic hydroxyl groups excluding tert-OH is 1. The van der Waals surface area contributed by atoms with E-state index < -0.39 is 17.9 Å². The minimum Gasteiger partial charge on any atom is -0.394 e. The van der Waals surface area contributed by atoms with Gasteiger partial charge < -0.3 is 43.0 Å². The van der Waals surface area contributed by atoms with Gasteiger partial charge in [-0.25, -0.2) is 0 Å². The number of fused-ring (bicyclic) bond motifs is 2. The van der Waals surface area contributed by atoms with Crippen LogP contribution in [0.5, 0.6) is 0 Å². The van der Waals surface area contributed by atoms with Gasteiger partial charge in [0, 0.05) is 18.6 Å². The predicted octanol–water partition coefficient (Wildman–Crippen LogP) is 1.18. The molecule has 0 unspecified atom stereocenters. The summed E-state index contributed by atoms with van der Waals surface area (Å²) in [6, 6.07) is 0. The molecule has 0 bridgehead atoms. The highest BCUT2D eigenvalue weighted by Crippen LogP contribution is 2.40. The van der Waals surface area contributed by atoms with E-state index in [0.29, 0.717) is 0 Å². The van der Waals surface area contributed by atoms with Crippen molar-refractivity contribution in [2.24, 2.45) is 0 Å². The fourth-order valence-electron chi connectivity index (χ4n) is 3.94. The topological polar surface area (TPSA) is 94.1 Å². The molecule has 9 nitrogen and oxygen atoms in total. The molecule has 4 aliphatic rings. The summed E-state index contributed by atoms with van der Waals surface area (Å²) in [5, 5.41) is 9.08. The van der Waals surface area contributed by atoms with E-state index in [0.717, 1.165) is 4.43 Å². The third-order valence-corrected chi connectivity index (χ3v) is 5.88. The third-order valence-electron chi connectivity index (χ3n) is 5.01. The molecule has 0 spiro atoms. The Bertz CT molecular complexity index is 445. The molecule has 8 atom stereocenters. The molecule has 0 saturated carbocycles. The van der Waals surface area contributed by atoms with Crippen LogP contribution < -0.4 is 0 Å². The van der Waals surface area contributed by atoms with Crippen LogP contribution in [0, 0.1) is 0 Å². The maximum absolute atomic E-state index is 9.08. The van der Waals surface area contributed by atoms with E-state index in [1.54, 1.807) is 14.2 Å². The lowest BCUT2D eigenvalue weighted by atomic mass is 10.1. The lowest BCUT2D eigenvalue weighted by molar-refractivity contribution is -0.230. The molecule has 0 aliphatic carbocycles. The molecule has 4 heterocycles. The van der Waals surface area contributed by atoms with Gasteiger partial charge in [0.15, 0.2) is 24.2 Å². The van der Waals surface area contributed by atoms with Gasteiger partial charge in [0.2, 0.25) is 0 Å². The van der Waals surface area contributed by atoms with Gasteiger partial charge in [-0.05, 0) is 27.7 Å². The van der Waals surface area contributed by atoms with Crippen LogP contribution in [-0.4, -0.2) is 91.1 Å². The zero-order valence-electron chi connectivity index (χ0n) is 17.1. The Morgan fingerprint density at radius 3 is 1.54 bits per heavy atom. The van der Waals surface area contributed by atoms with E-state index in [-0.39, 0.29) is 49.5 Å². The Morgan fingerprint density at radius 2 is 1.14 bits per heavy atom. The van der Waals surface area contributed by atoms with Gasteiger partial charge in [-0.15, -0.1) is 0 Å². The van der Waals surface area contributed by atoms with Gasteiger partial charge in [0.25, 0.3) is 0 Å². The summed E-state index contributed by atoms with van der Waals surface area (Å²) in [7, 11) is 3.18. The van der Waals surface area contributed by atoms with E-state index in [4.69, 9.17) is 43.0 Å². The Balaban J connectivity index is 0.000000161. The summed E-state index contributed by atoms with van der Waals surface area (Å²) < 4.78 is 45.0. The summed E-state index contributed by atoms with van der Waals surface area (Å²) in [4.78, 5) is 0. The first-order valence-electron chi connectivity index (χ1n) is 9.39. The SMILES string of the molecule is CO[C@@H]1O[C@H](CI)[C@H]2OC(C)(C)O[C@@H]12.CO[C@@H]1O[C@H](CO)[C@H]2OC(C)(C)O[C@@H]12. The zero-order valence-corrected chi connectivity index (χ0v) is 19.3. The summed E-state index contributed by atoms with van der Waals surface area (Å²) in [6.07, 6.45) is -1.58.